The third kappa shape index (κ3) is 2.08. The third-order valence-electron chi connectivity index (χ3n) is 4.86. The molecule has 1 spiro atoms. The van der Waals surface area contributed by atoms with Crippen molar-refractivity contribution in [3.63, 3.8) is 0 Å². The van der Waals surface area contributed by atoms with Gasteiger partial charge in [-0.1, -0.05) is 12.1 Å². The van der Waals surface area contributed by atoms with Gasteiger partial charge in [0.2, 0.25) is 0 Å². The Kier molecular flexibility index (Phi) is 3.21. The van der Waals surface area contributed by atoms with Gasteiger partial charge < -0.3 is 15.5 Å². The van der Waals surface area contributed by atoms with E-state index < -0.39 is 0 Å². The molecule has 2 aliphatic rings. The van der Waals surface area contributed by atoms with E-state index in [2.05, 4.69) is 60.0 Å². The van der Waals surface area contributed by atoms with E-state index in [-0.39, 0.29) is 5.54 Å². The third-order valence-corrected chi connectivity index (χ3v) is 4.86. The normalized spacial score (nSPS) is 30.9. The molecule has 1 aromatic rings. The van der Waals surface area contributed by atoms with E-state index in [9.17, 15) is 0 Å². The minimum atomic E-state index is 0.0732. The number of likely N-dealkylation sites (tertiary alicyclic amines) is 1. The molecular formula is C16H24N4. The first-order chi connectivity index (χ1) is 9.52. The van der Waals surface area contributed by atoms with E-state index in [0.29, 0.717) is 12.0 Å². The number of nitrogens with zero attached hydrogens (tertiary/aromatic N) is 3. The van der Waals surface area contributed by atoms with Crippen molar-refractivity contribution in [3.8, 4) is 0 Å². The molecule has 4 heteroatoms. The SMILES string of the molecule is Cc1cccc(N2C(N)=NCC23CCN(C)C(C)C3)c1. The number of hydrogen-bond donors (Lipinski definition) is 1. The number of guanidine groups is 1. The maximum Gasteiger partial charge on any atom is 0.196 e. The first-order valence-corrected chi connectivity index (χ1v) is 7.39. The number of piperidine rings is 1. The molecule has 2 heterocycles. The summed E-state index contributed by atoms with van der Waals surface area (Å²) in [5.41, 5.74) is 8.73. The van der Waals surface area contributed by atoms with Gasteiger partial charge in [-0.2, -0.15) is 0 Å². The second kappa shape index (κ2) is 4.77. The van der Waals surface area contributed by atoms with Crippen LogP contribution in [0.2, 0.25) is 0 Å². The van der Waals surface area contributed by atoms with E-state index in [0.717, 1.165) is 25.9 Å². The molecule has 1 fully saturated rings. The quantitative estimate of drug-likeness (QED) is 0.850. The molecule has 0 radical (unpaired) electrons. The molecule has 108 valence electrons. The Labute approximate surface area is 121 Å². The minimum Gasteiger partial charge on any atom is -0.369 e. The van der Waals surface area contributed by atoms with Crippen LogP contribution in [-0.4, -0.2) is 42.6 Å². The second-order valence-corrected chi connectivity index (χ2v) is 6.36. The predicted octanol–water partition coefficient (Wildman–Crippen LogP) is 1.98. The zero-order chi connectivity index (χ0) is 14.3. The van der Waals surface area contributed by atoms with Gasteiger partial charge in [0.05, 0.1) is 12.1 Å². The monoisotopic (exact) mass is 272 g/mol. The number of aryl methyl sites for hydroxylation is 1. The lowest BCUT2D eigenvalue weighted by Gasteiger charge is -2.47. The summed E-state index contributed by atoms with van der Waals surface area (Å²) in [4.78, 5) is 9.27. The molecular weight excluding hydrogens is 248 g/mol. The van der Waals surface area contributed by atoms with Crippen molar-refractivity contribution in [3.05, 3.63) is 29.8 Å². The summed E-state index contributed by atoms with van der Waals surface area (Å²) in [6.45, 7) is 6.35. The van der Waals surface area contributed by atoms with Crippen molar-refractivity contribution in [1.29, 1.82) is 0 Å². The lowest BCUT2D eigenvalue weighted by atomic mass is 9.82. The molecule has 0 amide bonds. The molecule has 0 aliphatic carbocycles. The molecule has 2 unspecified atom stereocenters. The summed E-state index contributed by atoms with van der Waals surface area (Å²) in [5, 5.41) is 0. The molecule has 2 N–H and O–H groups in total. The minimum absolute atomic E-state index is 0.0732. The van der Waals surface area contributed by atoms with E-state index in [1.165, 1.54) is 11.3 Å². The average Bonchev–Trinajstić information content (AvgIpc) is 2.72. The van der Waals surface area contributed by atoms with E-state index in [1.807, 2.05) is 0 Å². The molecule has 1 aromatic carbocycles. The predicted molar refractivity (Wildman–Crippen MR) is 84.2 cm³/mol. The average molecular weight is 272 g/mol. The summed E-state index contributed by atoms with van der Waals surface area (Å²) in [6.07, 6.45) is 2.23. The van der Waals surface area contributed by atoms with Crippen LogP contribution in [0.15, 0.2) is 29.3 Å². The van der Waals surface area contributed by atoms with Crippen LogP contribution in [0.3, 0.4) is 0 Å². The zero-order valence-corrected chi connectivity index (χ0v) is 12.6. The van der Waals surface area contributed by atoms with Gasteiger partial charge in [-0.05, 0) is 51.4 Å². The smallest absolute Gasteiger partial charge is 0.196 e. The molecule has 1 saturated heterocycles. The fraction of sp³-hybridized carbons (Fsp3) is 0.562. The molecule has 3 rings (SSSR count). The zero-order valence-electron chi connectivity index (χ0n) is 12.6. The van der Waals surface area contributed by atoms with Gasteiger partial charge in [0.25, 0.3) is 0 Å². The molecule has 0 aromatic heterocycles. The second-order valence-electron chi connectivity index (χ2n) is 6.36. The topological polar surface area (TPSA) is 44.9 Å². The number of rotatable bonds is 1. The highest BCUT2D eigenvalue weighted by Gasteiger charge is 2.46. The van der Waals surface area contributed by atoms with E-state index in [4.69, 9.17) is 5.73 Å². The number of anilines is 1. The van der Waals surface area contributed by atoms with Crippen molar-refractivity contribution >= 4 is 11.6 Å². The van der Waals surface area contributed by atoms with Gasteiger partial charge in [0.15, 0.2) is 5.96 Å². The van der Waals surface area contributed by atoms with Crippen LogP contribution in [0, 0.1) is 6.92 Å². The Morgan fingerprint density at radius 1 is 1.40 bits per heavy atom. The van der Waals surface area contributed by atoms with Gasteiger partial charge in [0, 0.05) is 18.3 Å². The first-order valence-electron chi connectivity index (χ1n) is 7.39. The Bertz CT molecular complexity index is 539. The molecule has 0 saturated carbocycles. The van der Waals surface area contributed by atoms with Crippen LogP contribution in [0.5, 0.6) is 0 Å². The van der Waals surface area contributed by atoms with Crippen molar-refractivity contribution in [2.75, 3.05) is 25.0 Å². The maximum atomic E-state index is 6.21. The lowest BCUT2D eigenvalue weighted by Crippen LogP contribution is -2.59. The Morgan fingerprint density at radius 3 is 2.90 bits per heavy atom. The van der Waals surface area contributed by atoms with Crippen LogP contribution in [0.4, 0.5) is 5.69 Å². The fourth-order valence-corrected chi connectivity index (χ4v) is 3.55. The van der Waals surface area contributed by atoms with Crippen molar-refractivity contribution in [1.82, 2.24) is 4.90 Å². The Balaban J connectivity index is 1.96. The van der Waals surface area contributed by atoms with Crippen LogP contribution >= 0.6 is 0 Å². The summed E-state index contributed by atoms with van der Waals surface area (Å²) in [7, 11) is 2.20. The molecule has 2 aliphatic heterocycles. The molecule has 4 nitrogen and oxygen atoms in total. The van der Waals surface area contributed by atoms with Crippen LogP contribution in [-0.2, 0) is 0 Å². The van der Waals surface area contributed by atoms with Gasteiger partial charge >= 0.3 is 0 Å². The largest absolute Gasteiger partial charge is 0.369 e. The molecule has 0 bridgehead atoms. The number of benzene rings is 1. The maximum absolute atomic E-state index is 6.21. The standard InChI is InChI=1S/C16H24N4/c1-12-5-4-6-14(9-12)20-15(17)18-11-16(20)7-8-19(3)13(2)10-16/h4-6,9,13H,7-8,10-11H2,1-3H3,(H2,17,18). The summed E-state index contributed by atoms with van der Waals surface area (Å²) < 4.78 is 0. The van der Waals surface area contributed by atoms with Gasteiger partial charge in [-0.25, -0.2) is 0 Å². The number of hydrogen-bond acceptors (Lipinski definition) is 4. The van der Waals surface area contributed by atoms with Gasteiger partial charge in [-0.15, -0.1) is 0 Å². The fourth-order valence-electron chi connectivity index (χ4n) is 3.55. The van der Waals surface area contributed by atoms with Crippen molar-refractivity contribution < 1.29 is 0 Å². The summed E-state index contributed by atoms with van der Waals surface area (Å²) in [5.74, 6) is 0.673. The number of aliphatic imine (C=N–C) groups is 1. The summed E-state index contributed by atoms with van der Waals surface area (Å²) >= 11 is 0. The highest BCUT2D eigenvalue weighted by molar-refractivity contribution is 5.98. The Morgan fingerprint density at radius 2 is 2.20 bits per heavy atom. The lowest BCUT2D eigenvalue weighted by molar-refractivity contribution is 0.141. The van der Waals surface area contributed by atoms with Crippen LogP contribution in [0.1, 0.15) is 25.3 Å². The summed E-state index contributed by atoms with van der Waals surface area (Å²) in [6, 6.07) is 9.14. The van der Waals surface area contributed by atoms with Gasteiger partial charge in [0.1, 0.15) is 0 Å². The van der Waals surface area contributed by atoms with E-state index in [1.54, 1.807) is 0 Å². The number of nitrogens with two attached hydrogens (primary N) is 1. The molecule has 2 atom stereocenters. The first kappa shape index (κ1) is 13.4. The van der Waals surface area contributed by atoms with Crippen molar-refractivity contribution in [2.45, 2.75) is 38.3 Å². The van der Waals surface area contributed by atoms with Crippen LogP contribution in [0.25, 0.3) is 0 Å². The van der Waals surface area contributed by atoms with Crippen LogP contribution < -0.4 is 10.6 Å². The van der Waals surface area contributed by atoms with E-state index >= 15 is 0 Å². The molecule has 20 heavy (non-hydrogen) atoms. The van der Waals surface area contributed by atoms with Gasteiger partial charge in [-0.3, -0.25) is 4.99 Å². The Hall–Kier alpha value is -1.55. The highest BCUT2D eigenvalue weighted by Crippen LogP contribution is 2.38. The van der Waals surface area contributed by atoms with Crippen molar-refractivity contribution in [2.24, 2.45) is 10.7 Å². The highest BCUT2D eigenvalue weighted by atomic mass is 15.4.